The lowest BCUT2D eigenvalue weighted by Crippen LogP contribution is -2.17. The average Bonchev–Trinajstić information content (AvgIpc) is 3.10. The van der Waals surface area contributed by atoms with Crippen LogP contribution in [0.4, 0.5) is 11.6 Å². The van der Waals surface area contributed by atoms with Crippen LogP contribution in [0.1, 0.15) is 0 Å². The second-order valence-electron chi connectivity index (χ2n) is 5.21. The van der Waals surface area contributed by atoms with Crippen LogP contribution < -0.4 is 4.90 Å². The van der Waals surface area contributed by atoms with Crippen molar-refractivity contribution in [3.05, 3.63) is 72.9 Å². The molecular formula is C18H15N5. The first-order chi connectivity index (χ1) is 11.3. The molecule has 0 aliphatic rings. The van der Waals surface area contributed by atoms with Gasteiger partial charge >= 0.3 is 0 Å². The van der Waals surface area contributed by atoms with Gasteiger partial charge in [0.05, 0.1) is 6.20 Å². The first-order valence-corrected chi connectivity index (χ1v) is 7.39. The topological polar surface area (TPSA) is 46.3 Å². The standard InChI is InChI=1S/C18H15N5/c1-22(15-10-6-3-7-11-15)18-21-17(14-8-4-2-5-9-14)20-16-12-13-19-23(16)18/h2-13H,1H3. The van der Waals surface area contributed by atoms with E-state index in [1.165, 1.54) is 0 Å². The maximum Gasteiger partial charge on any atom is 0.234 e. The van der Waals surface area contributed by atoms with E-state index in [0.29, 0.717) is 5.82 Å². The molecule has 23 heavy (non-hydrogen) atoms. The Labute approximate surface area is 133 Å². The van der Waals surface area contributed by atoms with Gasteiger partial charge in [0.2, 0.25) is 5.95 Å². The molecule has 0 aliphatic heterocycles. The van der Waals surface area contributed by atoms with E-state index in [0.717, 1.165) is 22.8 Å². The van der Waals surface area contributed by atoms with Gasteiger partial charge in [-0.2, -0.15) is 14.6 Å². The summed E-state index contributed by atoms with van der Waals surface area (Å²) in [6, 6.07) is 21.9. The largest absolute Gasteiger partial charge is 0.313 e. The minimum absolute atomic E-state index is 0.691. The van der Waals surface area contributed by atoms with Crippen molar-refractivity contribution in [2.45, 2.75) is 0 Å². The molecule has 0 amide bonds. The van der Waals surface area contributed by atoms with Gasteiger partial charge in [0.15, 0.2) is 11.5 Å². The number of nitrogens with zero attached hydrogens (tertiary/aromatic N) is 5. The lowest BCUT2D eigenvalue weighted by molar-refractivity contribution is 0.868. The maximum absolute atomic E-state index is 4.73. The molecule has 5 nitrogen and oxygen atoms in total. The Morgan fingerprint density at radius 1 is 0.826 bits per heavy atom. The highest BCUT2D eigenvalue weighted by Gasteiger charge is 2.14. The number of para-hydroxylation sites is 1. The molecule has 0 spiro atoms. The zero-order chi connectivity index (χ0) is 15.6. The maximum atomic E-state index is 4.73. The number of aromatic nitrogens is 4. The number of rotatable bonds is 3. The van der Waals surface area contributed by atoms with Gasteiger partial charge < -0.3 is 4.90 Å². The fourth-order valence-electron chi connectivity index (χ4n) is 2.51. The van der Waals surface area contributed by atoms with E-state index in [-0.39, 0.29) is 0 Å². The smallest absolute Gasteiger partial charge is 0.234 e. The van der Waals surface area contributed by atoms with Crippen LogP contribution in [-0.2, 0) is 0 Å². The highest BCUT2D eigenvalue weighted by Crippen LogP contribution is 2.24. The molecule has 112 valence electrons. The van der Waals surface area contributed by atoms with Gasteiger partial charge in [-0.3, -0.25) is 0 Å². The molecule has 4 rings (SSSR count). The highest BCUT2D eigenvalue weighted by molar-refractivity contribution is 5.64. The molecule has 0 unspecified atom stereocenters. The Balaban J connectivity index is 1.90. The second kappa shape index (κ2) is 5.53. The zero-order valence-electron chi connectivity index (χ0n) is 12.7. The van der Waals surface area contributed by atoms with Crippen molar-refractivity contribution in [3.63, 3.8) is 0 Å². The molecule has 2 heterocycles. The van der Waals surface area contributed by atoms with Crippen LogP contribution in [0.2, 0.25) is 0 Å². The van der Waals surface area contributed by atoms with Gasteiger partial charge in [0, 0.05) is 24.4 Å². The van der Waals surface area contributed by atoms with Crippen LogP contribution in [0.3, 0.4) is 0 Å². The fourth-order valence-corrected chi connectivity index (χ4v) is 2.51. The summed E-state index contributed by atoms with van der Waals surface area (Å²) < 4.78 is 1.75. The predicted octanol–water partition coefficient (Wildman–Crippen LogP) is 3.56. The van der Waals surface area contributed by atoms with Crippen LogP contribution in [0.15, 0.2) is 72.9 Å². The first kappa shape index (κ1) is 13.5. The molecule has 0 fully saturated rings. The Bertz CT molecular complexity index is 931. The summed E-state index contributed by atoms with van der Waals surface area (Å²) in [5.74, 6) is 1.42. The van der Waals surface area contributed by atoms with Crippen molar-refractivity contribution in [2.24, 2.45) is 0 Å². The van der Waals surface area contributed by atoms with E-state index in [4.69, 9.17) is 4.98 Å². The summed E-state index contributed by atoms with van der Waals surface area (Å²) >= 11 is 0. The number of hydrogen-bond acceptors (Lipinski definition) is 4. The Morgan fingerprint density at radius 3 is 2.26 bits per heavy atom. The van der Waals surface area contributed by atoms with Crippen LogP contribution >= 0.6 is 0 Å². The van der Waals surface area contributed by atoms with Crippen molar-refractivity contribution in [3.8, 4) is 11.4 Å². The third kappa shape index (κ3) is 2.42. The van der Waals surface area contributed by atoms with Gasteiger partial charge in [0.1, 0.15) is 0 Å². The summed E-state index contributed by atoms with van der Waals surface area (Å²) in [5, 5.41) is 4.35. The molecule has 5 heteroatoms. The van der Waals surface area contributed by atoms with Gasteiger partial charge in [-0.05, 0) is 12.1 Å². The SMILES string of the molecule is CN(c1ccccc1)c1nc(-c2ccccc2)nc2ccnn12. The van der Waals surface area contributed by atoms with Gasteiger partial charge in [-0.15, -0.1) is 0 Å². The first-order valence-electron chi connectivity index (χ1n) is 7.39. The third-order valence-corrected chi connectivity index (χ3v) is 3.71. The summed E-state index contributed by atoms with van der Waals surface area (Å²) in [4.78, 5) is 11.3. The van der Waals surface area contributed by atoms with E-state index in [1.54, 1.807) is 10.7 Å². The highest BCUT2D eigenvalue weighted by atomic mass is 15.4. The number of fused-ring (bicyclic) bond motifs is 1. The fraction of sp³-hybridized carbons (Fsp3) is 0.0556. The molecule has 4 aromatic rings. The number of benzene rings is 2. The molecule has 0 radical (unpaired) electrons. The van der Waals surface area contributed by atoms with E-state index in [1.807, 2.05) is 78.7 Å². The third-order valence-electron chi connectivity index (χ3n) is 3.71. The van der Waals surface area contributed by atoms with E-state index < -0.39 is 0 Å². The Kier molecular flexibility index (Phi) is 3.24. The Morgan fingerprint density at radius 2 is 1.52 bits per heavy atom. The van der Waals surface area contributed by atoms with Gasteiger partial charge in [-0.1, -0.05) is 48.5 Å². The van der Waals surface area contributed by atoms with Crippen molar-refractivity contribution < 1.29 is 0 Å². The zero-order valence-corrected chi connectivity index (χ0v) is 12.7. The lowest BCUT2D eigenvalue weighted by Gasteiger charge is -2.19. The molecule has 0 bridgehead atoms. The quantitative estimate of drug-likeness (QED) is 0.580. The molecule has 2 aromatic carbocycles. The van der Waals surface area contributed by atoms with Crippen molar-refractivity contribution in [1.29, 1.82) is 0 Å². The summed E-state index contributed by atoms with van der Waals surface area (Å²) in [5.41, 5.74) is 2.80. The molecular weight excluding hydrogens is 286 g/mol. The molecule has 0 atom stereocenters. The lowest BCUT2D eigenvalue weighted by atomic mass is 10.2. The monoisotopic (exact) mass is 301 g/mol. The van der Waals surface area contributed by atoms with Crippen molar-refractivity contribution >= 4 is 17.3 Å². The summed E-state index contributed by atoms with van der Waals surface area (Å²) in [6.45, 7) is 0. The molecule has 0 N–H and O–H groups in total. The minimum atomic E-state index is 0.691. The second-order valence-corrected chi connectivity index (χ2v) is 5.21. The Hall–Kier alpha value is -3.21. The molecule has 0 aliphatic carbocycles. The molecule has 0 saturated heterocycles. The van der Waals surface area contributed by atoms with E-state index in [2.05, 4.69) is 10.1 Å². The number of anilines is 2. The minimum Gasteiger partial charge on any atom is -0.313 e. The van der Waals surface area contributed by atoms with Crippen LogP contribution in [0, 0.1) is 0 Å². The van der Waals surface area contributed by atoms with E-state index in [9.17, 15) is 0 Å². The van der Waals surface area contributed by atoms with E-state index >= 15 is 0 Å². The van der Waals surface area contributed by atoms with Crippen LogP contribution in [0.25, 0.3) is 17.0 Å². The summed E-state index contributed by atoms with van der Waals surface area (Å²) in [6.07, 6.45) is 1.74. The van der Waals surface area contributed by atoms with Gasteiger partial charge in [-0.25, -0.2) is 4.98 Å². The number of hydrogen-bond donors (Lipinski definition) is 0. The summed E-state index contributed by atoms with van der Waals surface area (Å²) in [7, 11) is 1.98. The van der Waals surface area contributed by atoms with Crippen molar-refractivity contribution in [1.82, 2.24) is 19.6 Å². The van der Waals surface area contributed by atoms with Gasteiger partial charge in [0.25, 0.3) is 0 Å². The molecule has 2 aromatic heterocycles. The predicted molar refractivity (Wildman–Crippen MR) is 90.7 cm³/mol. The van der Waals surface area contributed by atoms with Crippen LogP contribution in [0.5, 0.6) is 0 Å². The molecule has 0 saturated carbocycles. The van der Waals surface area contributed by atoms with Crippen LogP contribution in [-0.4, -0.2) is 26.6 Å². The normalized spacial score (nSPS) is 10.8. The van der Waals surface area contributed by atoms with Crippen molar-refractivity contribution in [2.75, 3.05) is 11.9 Å². The average molecular weight is 301 g/mol.